The monoisotopic (exact) mass is 1240 g/mol. The molecule has 3 unspecified atom stereocenters. The van der Waals surface area contributed by atoms with Crippen molar-refractivity contribution in [1.82, 2.24) is 9.13 Å². The van der Waals surface area contributed by atoms with Gasteiger partial charge in [0.15, 0.2) is 0 Å². The molecule has 0 amide bonds. The van der Waals surface area contributed by atoms with Crippen LogP contribution < -0.4 is 0 Å². The number of aromatic nitrogens is 2. The Morgan fingerprint density at radius 2 is 0.750 bits per heavy atom. The van der Waals surface area contributed by atoms with Crippen molar-refractivity contribution in [3.63, 3.8) is 0 Å². The molecule has 0 saturated heterocycles. The van der Waals surface area contributed by atoms with Gasteiger partial charge in [0.25, 0.3) is 0 Å². The van der Waals surface area contributed by atoms with Gasteiger partial charge in [-0.15, -0.1) is 11.3 Å². The minimum atomic E-state index is -0.681. The molecule has 0 fully saturated rings. The molecule has 2 spiro atoms. The molecule has 96 heavy (non-hydrogen) atoms. The molecule has 3 nitrogen and oxygen atoms in total. The third-order valence-electron chi connectivity index (χ3n) is 23.5. The summed E-state index contributed by atoms with van der Waals surface area (Å²) >= 11 is 1.88. The Bertz CT molecular complexity index is 6520. The van der Waals surface area contributed by atoms with E-state index in [-0.39, 0.29) is 5.41 Å². The van der Waals surface area contributed by atoms with Crippen LogP contribution in [0.4, 0.5) is 0 Å². The van der Waals surface area contributed by atoms with Crippen molar-refractivity contribution in [3.8, 4) is 33.6 Å². The number of hydrogen-bond donors (Lipinski definition) is 0. The first-order chi connectivity index (χ1) is 47.2. The minimum Gasteiger partial charge on any atom is -0.456 e. The van der Waals surface area contributed by atoms with Crippen LogP contribution in [-0.4, -0.2) is 9.13 Å². The molecule has 2 aliphatic carbocycles. The maximum Gasteiger partial charge on any atom is 0.135 e. The zero-order valence-corrected chi connectivity index (χ0v) is 54.0. The van der Waals surface area contributed by atoms with Gasteiger partial charge < -0.3 is 13.6 Å². The van der Waals surface area contributed by atoms with Gasteiger partial charge in [-0.3, -0.25) is 0 Å². The van der Waals surface area contributed by atoms with E-state index in [1.165, 1.54) is 170 Å². The lowest BCUT2D eigenvalue weighted by atomic mass is 9.52. The molecule has 18 aromatic rings. The number of fused-ring (bicyclic) bond motifs is 28. The van der Waals surface area contributed by atoms with E-state index in [0.717, 1.165) is 28.4 Å². The highest BCUT2D eigenvalue weighted by Gasteiger charge is 2.55. The van der Waals surface area contributed by atoms with Crippen molar-refractivity contribution < 1.29 is 4.42 Å². The highest BCUT2D eigenvalue weighted by atomic mass is 32.1. The van der Waals surface area contributed by atoms with E-state index in [2.05, 4.69) is 327 Å². The first-order valence-corrected chi connectivity index (χ1v) is 34.7. The van der Waals surface area contributed by atoms with Crippen LogP contribution in [0, 0.1) is 0 Å². The summed E-state index contributed by atoms with van der Waals surface area (Å²) in [6.07, 6.45) is 0.778. The van der Waals surface area contributed by atoms with Gasteiger partial charge in [0.05, 0.1) is 44.3 Å². The fourth-order valence-corrected chi connectivity index (χ4v) is 20.6. The van der Waals surface area contributed by atoms with Crippen LogP contribution in [-0.2, 0) is 28.1 Å². The second-order valence-electron chi connectivity index (χ2n) is 28.3. The number of hydrogen-bond acceptors (Lipinski definition) is 2. The minimum absolute atomic E-state index is 0.267. The molecule has 4 aromatic heterocycles. The first kappa shape index (κ1) is 53.1. The Morgan fingerprint density at radius 1 is 0.292 bits per heavy atom. The van der Waals surface area contributed by atoms with Crippen LogP contribution in [0.5, 0.6) is 0 Å². The Kier molecular flexibility index (Phi) is 10.3. The summed E-state index contributed by atoms with van der Waals surface area (Å²) in [6.45, 7) is 7.42. The predicted octanol–water partition coefficient (Wildman–Crippen LogP) is 23.4. The van der Waals surface area contributed by atoms with Gasteiger partial charge in [-0.25, -0.2) is 0 Å². The summed E-state index contributed by atoms with van der Waals surface area (Å²) in [5, 5.41) is 9.99. The summed E-state index contributed by atoms with van der Waals surface area (Å²) in [5.74, 6) is 0. The molecule has 450 valence electrons. The van der Waals surface area contributed by atoms with Crippen LogP contribution in [0.15, 0.2) is 302 Å². The summed E-state index contributed by atoms with van der Waals surface area (Å²) in [7, 11) is 0. The van der Waals surface area contributed by atoms with Gasteiger partial charge in [-0.05, 0) is 180 Å². The van der Waals surface area contributed by atoms with E-state index >= 15 is 0 Å². The van der Waals surface area contributed by atoms with Crippen molar-refractivity contribution in [2.45, 2.75) is 48.9 Å². The molecule has 14 aromatic carbocycles. The number of furan rings is 1. The smallest absolute Gasteiger partial charge is 0.135 e. The third kappa shape index (κ3) is 6.49. The van der Waals surface area contributed by atoms with E-state index in [1.807, 2.05) is 11.3 Å². The fraction of sp³-hybridized carbons (Fsp3) is 0.0870. The SMILES string of the molecule is CC1(C)c2ccccc2C2(c3ccccc3-n3c4ccc(CC5(C)c6ccccc6C6(c7ccccc7-n7c8ccccc8c8cccc6c87)c6cc(-c7ccc8oc9ccccc9c8c7)ccc65)cc4c4cccc2c43)c2cc(-c3ccc4sc5ccccc5c4c3)ccc21. The Balaban J connectivity index is 0.768. The molecule has 0 radical (unpaired) electrons. The van der Waals surface area contributed by atoms with Gasteiger partial charge >= 0.3 is 0 Å². The van der Waals surface area contributed by atoms with Gasteiger partial charge in [-0.2, -0.15) is 0 Å². The first-order valence-electron chi connectivity index (χ1n) is 33.8. The Labute approximate surface area is 559 Å². The van der Waals surface area contributed by atoms with E-state index in [4.69, 9.17) is 4.42 Å². The van der Waals surface area contributed by atoms with Crippen LogP contribution in [0.1, 0.15) is 93.1 Å². The molecule has 4 aliphatic rings. The Morgan fingerprint density at radius 3 is 1.47 bits per heavy atom. The Hall–Kier alpha value is -11.3. The highest BCUT2D eigenvalue weighted by molar-refractivity contribution is 7.25. The second-order valence-corrected chi connectivity index (χ2v) is 29.4. The summed E-state index contributed by atoms with van der Waals surface area (Å²) in [5.41, 5.74) is 29.4. The summed E-state index contributed by atoms with van der Waals surface area (Å²) in [4.78, 5) is 0. The molecule has 0 N–H and O–H groups in total. The average molecular weight is 1240 g/mol. The molecule has 0 bridgehead atoms. The van der Waals surface area contributed by atoms with Gasteiger partial charge in [0.2, 0.25) is 0 Å². The van der Waals surface area contributed by atoms with Gasteiger partial charge in [-0.1, -0.05) is 239 Å². The van der Waals surface area contributed by atoms with Gasteiger partial charge in [0, 0.05) is 63.3 Å². The molecule has 3 atom stereocenters. The largest absolute Gasteiger partial charge is 0.456 e. The lowest BCUT2D eigenvalue weighted by molar-refractivity contribution is 0.510. The maximum absolute atomic E-state index is 6.45. The average Bonchev–Trinajstić information content (AvgIpc) is 1.14. The van der Waals surface area contributed by atoms with Crippen molar-refractivity contribution in [1.29, 1.82) is 0 Å². The van der Waals surface area contributed by atoms with Crippen LogP contribution >= 0.6 is 11.3 Å². The molecular formula is C92H60N2OS. The van der Waals surface area contributed by atoms with Crippen molar-refractivity contribution in [2.75, 3.05) is 0 Å². The molecule has 0 saturated carbocycles. The van der Waals surface area contributed by atoms with Crippen molar-refractivity contribution in [3.05, 3.63) is 370 Å². The topological polar surface area (TPSA) is 23.0 Å². The van der Waals surface area contributed by atoms with Crippen LogP contribution in [0.2, 0.25) is 0 Å². The zero-order chi connectivity index (χ0) is 63.1. The third-order valence-corrected chi connectivity index (χ3v) is 24.6. The molecule has 2 aliphatic heterocycles. The second kappa shape index (κ2) is 18.5. The van der Waals surface area contributed by atoms with E-state index in [9.17, 15) is 0 Å². The number of rotatable bonds is 4. The summed E-state index contributed by atoms with van der Waals surface area (Å²) < 4.78 is 14.3. The predicted molar refractivity (Wildman–Crippen MR) is 399 cm³/mol. The molecule has 6 heterocycles. The van der Waals surface area contributed by atoms with Crippen LogP contribution in [0.3, 0.4) is 0 Å². The lowest BCUT2D eigenvalue weighted by Gasteiger charge is -2.51. The highest BCUT2D eigenvalue weighted by Crippen LogP contribution is 2.64. The van der Waals surface area contributed by atoms with Crippen LogP contribution in [0.25, 0.3) is 119 Å². The molecule has 4 heteroatoms. The van der Waals surface area contributed by atoms with Crippen molar-refractivity contribution >= 4 is 97.1 Å². The van der Waals surface area contributed by atoms with E-state index in [0.29, 0.717) is 0 Å². The zero-order valence-electron chi connectivity index (χ0n) is 53.2. The van der Waals surface area contributed by atoms with Gasteiger partial charge in [0.1, 0.15) is 11.2 Å². The number of para-hydroxylation sites is 6. The van der Waals surface area contributed by atoms with Crippen molar-refractivity contribution in [2.24, 2.45) is 0 Å². The summed E-state index contributed by atoms with van der Waals surface area (Å²) in [6, 6.07) is 114. The maximum atomic E-state index is 6.45. The number of benzene rings is 14. The number of nitrogens with zero attached hydrogens (tertiary/aromatic N) is 2. The lowest BCUT2D eigenvalue weighted by Crippen LogP contribution is -2.45. The molecular weight excluding hydrogens is 1180 g/mol. The number of thiophene rings is 1. The van der Waals surface area contributed by atoms with E-state index in [1.54, 1.807) is 0 Å². The normalized spacial score (nSPS) is 18.4. The molecule has 22 rings (SSSR count). The standard InChI is InChI=1S/C92H60N2OS/c1-89(2)67-25-7-9-27-71(67)91(77-51-57(39-43-68(77)89)56-42-47-86-66(50-56)61-22-6-17-37-85(61)96-86)73-29-11-15-35-82(73)94-80-45-38-54(48-64(80)63-24-19-32-76(91)88(63)94)53-90(3)69-26-8-10-28-72(69)92(74-30-12-14-34-81(74)93-79-33-13-4-20-59(79)62-23-18-31-75(92)87(62)93)78-52-58(40-44-70(78)90)55-41-46-84-65(49-55)60-21-5-16-36-83(60)95-84/h4-52H,53H2,1-3H3. The quantitative estimate of drug-likeness (QED) is 0.172. The van der Waals surface area contributed by atoms with E-state index < -0.39 is 16.2 Å². The fourth-order valence-electron chi connectivity index (χ4n) is 19.5.